The third kappa shape index (κ3) is 3.32. The second-order valence-electron chi connectivity index (χ2n) is 5.18. The Morgan fingerprint density at radius 1 is 0.885 bits per heavy atom. The Morgan fingerprint density at radius 2 is 1.35 bits per heavy atom. The third-order valence-corrected chi connectivity index (χ3v) is 5.85. The molecule has 0 saturated carbocycles. The molecule has 3 rings (SSSR count). The lowest BCUT2D eigenvalue weighted by molar-refractivity contribution is -0.167. The Balaban J connectivity index is 1.86. The molecular formula is C16H6BrCl4NO4. The molecule has 2 aromatic carbocycles. The van der Waals surface area contributed by atoms with Gasteiger partial charge >= 0.3 is 5.97 Å². The second-order valence-corrected chi connectivity index (χ2v) is 7.60. The van der Waals surface area contributed by atoms with Crippen molar-refractivity contribution in [1.29, 1.82) is 0 Å². The maximum absolute atomic E-state index is 12.5. The Hall–Kier alpha value is -1.31. The van der Waals surface area contributed by atoms with Crippen molar-refractivity contribution in [3.63, 3.8) is 0 Å². The number of halogens is 5. The van der Waals surface area contributed by atoms with E-state index in [1.807, 2.05) is 0 Å². The number of imide groups is 1. The SMILES string of the molecule is O=C(Cc1ccc(Br)cc1)ON1C(=O)c2c(Cl)c(Cl)c(Cl)c(Cl)c2C1=O. The van der Waals surface area contributed by atoms with Gasteiger partial charge < -0.3 is 4.84 Å². The normalized spacial score (nSPS) is 13.2. The van der Waals surface area contributed by atoms with E-state index in [-0.39, 0.29) is 37.6 Å². The Labute approximate surface area is 175 Å². The highest BCUT2D eigenvalue weighted by Crippen LogP contribution is 2.44. The van der Waals surface area contributed by atoms with Crippen LogP contribution in [0, 0.1) is 0 Å². The Morgan fingerprint density at radius 3 is 1.81 bits per heavy atom. The molecule has 0 radical (unpaired) electrons. The van der Waals surface area contributed by atoms with Gasteiger partial charge in [-0.3, -0.25) is 9.59 Å². The largest absolute Gasteiger partial charge is 0.337 e. The maximum atomic E-state index is 12.5. The van der Waals surface area contributed by atoms with Crippen LogP contribution in [0.3, 0.4) is 0 Å². The summed E-state index contributed by atoms with van der Waals surface area (Å²) in [7, 11) is 0. The lowest BCUT2D eigenvalue weighted by Gasteiger charge is -2.12. The van der Waals surface area contributed by atoms with Crippen molar-refractivity contribution in [2.45, 2.75) is 6.42 Å². The molecule has 1 aliphatic rings. The average molecular weight is 498 g/mol. The highest BCUT2D eigenvalue weighted by molar-refractivity contribution is 9.10. The van der Waals surface area contributed by atoms with Gasteiger partial charge in [0.15, 0.2) is 0 Å². The molecule has 0 aliphatic carbocycles. The third-order valence-electron chi connectivity index (χ3n) is 3.52. The molecule has 0 fully saturated rings. The summed E-state index contributed by atoms with van der Waals surface area (Å²) in [5.41, 5.74) is 0.122. The zero-order valence-corrected chi connectivity index (χ0v) is 17.1. The van der Waals surface area contributed by atoms with Crippen LogP contribution in [0.15, 0.2) is 28.7 Å². The molecule has 2 aromatic rings. The fraction of sp³-hybridized carbons (Fsp3) is 0.0625. The van der Waals surface area contributed by atoms with E-state index in [0.29, 0.717) is 10.6 Å². The van der Waals surface area contributed by atoms with Gasteiger partial charge in [0.1, 0.15) is 0 Å². The monoisotopic (exact) mass is 495 g/mol. The molecule has 0 aromatic heterocycles. The standard InChI is InChI=1S/C16H6BrCl4NO4/c17-7-3-1-6(2-4-7)5-8(23)26-22-15(24)9-10(16(22)25)12(19)14(21)13(20)11(9)18/h1-4H,5H2. The number of hydrogen-bond donors (Lipinski definition) is 0. The molecule has 26 heavy (non-hydrogen) atoms. The number of carbonyl (C=O) groups excluding carboxylic acids is 3. The number of carbonyl (C=O) groups is 3. The van der Waals surface area contributed by atoms with Crippen LogP contribution in [0.5, 0.6) is 0 Å². The minimum atomic E-state index is -0.945. The van der Waals surface area contributed by atoms with E-state index in [1.165, 1.54) is 0 Å². The predicted octanol–water partition coefficient (Wildman–Crippen LogP) is 5.36. The summed E-state index contributed by atoms with van der Waals surface area (Å²) in [6, 6.07) is 6.88. The maximum Gasteiger partial charge on any atom is 0.337 e. The zero-order valence-electron chi connectivity index (χ0n) is 12.5. The molecule has 10 heteroatoms. The molecular weight excluding hydrogens is 492 g/mol. The van der Waals surface area contributed by atoms with Crippen molar-refractivity contribution in [3.05, 3.63) is 65.5 Å². The van der Waals surface area contributed by atoms with Gasteiger partial charge in [0.2, 0.25) is 0 Å². The lowest BCUT2D eigenvalue weighted by Crippen LogP contribution is -2.33. The van der Waals surface area contributed by atoms with Gasteiger partial charge in [-0.05, 0) is 17.7 Å². The molecule has 0 atom stereocenters. The van der Waals surface area contributed by atoms with Crippen molar-refractivity contribution in [1.82, 2.24) is 5.06 Å². The zero-order chi connectivity index (χ0) is 19.2. The molecule has 1 aliphatic heterocycles. The topological polar surface area (TPSA) is 63.7 Å². The first-order valence-electron chi connectivity index (χ1n) is 6.92. The molecule has 0 unspecified atom stereocenters. The van der Waals surface area contributed by atoms with Gasteiger partial charge in [-0.15, -0.1) is 0 Å². The van der Waals surface area contributed by atoms with E-state index in [9.17, 15) is 14.4 Å². The summed E-state index contributed by atoms with van der Waals surface area (Å²) in [5.74, 6) is -2.70. The highest BCUT2D eigenvalue weighted by atomic mass is 79.9. The van der Waals surface area contributed by atoms with Crippen LogP contribution in [-0.2, 0) is 16.1 Å². The summed E-state index contributed by atoms with van der Waals surface area (Å²) in [6.45, 7) is 0. The van der Waals surface area contributed by atoms with Crippen LogP contribution in [0.1, 0.15) is 26.3 Å². The fourth-order valence-corrected chi connectivity index (χ4v) is 3.59. The molecule has 2 amide bonds. The predicted molar refractivity (Wildman–Crippen MR) is 101 cm³/mol. The van der Waals surface area contributed by atoms with Crippen molar-refractivity contribution in [2.24, 2.45) is 0 Å². The quantitative estimate of drug-likeness (QED) is 0.325. The molecule has 0 N–H and O–H groups in total. The smallest absolute Gasteiger partial charge is 0.329 e. The van der Waals surface area contributed by atoms with Gasteiger partial charge in [-0.25, -0.2) is 4.79 Å². The van der Waals surface area contributed by atoms with Crippen LogP contribution < -0.4 is 0 Å². The fourth-order valence-electron chi connectivity index (χ4n) is 2.31. The highest BCUT2D eigenvalue weighted by Gasteiger charge is 2.44. The van der Waals surface area contributed by atoms with E-state index in [2.05, 4.69) is 15.9 Å². The number of hydroxylamine groups is 2. The van der Waals surface area contributed by atoms with Crippen LogP contribution in [0.4, 0.5) is 0 Å². The van der Waals surface area contributed by atoms with E-state index >= 15 is 0 Å². The van der Waals surface area contributed by atoms with Crippen LogP contribution >= 0.6 is 62.3 Å². The first-order chi connectivity index (χ1) is 12.2. The molecule has 0 saturated heterocycles. The lowest BCUT2D eigenvalue weighted by atomic mass is 10.1. The van der Waals surface area contributed by atoms with Gasteiger partial charge in [0.05, 0.1) is 37.6 Å². The number of amides is 2. The Bertz CT molecular complexity index is 915. The van der Waals surface area contributed by atoms with Gasteiger partial charge in [-0.2, -0.15) is 0 Å². The van der Waals surface area contributed by atoms with Gasteiger partial charge in [0, 0.05) is 4.47 Å². The minimum Gasteiger partial charge on any atom is -0.329 e. The van der Waals surface area contributed by atoms with Crippen molar-refractivity contribution in [3.8, 4) is 0 Å². The van der Waals surface area contributed by atoms with E-state index < -0.39 is 17.8 Å². The second kappa shape index (κ2) is 7.37. The minimum absolute atomic E-state index is 0.149. The summed E-state index contributed by atoms with van der Waals surface area (Å²) in [4.78, 5) is 41.9. The van der Waals surface area contributed by atoms with Crippen molar-refractivity contribution < 1.29 is 19.2 Å². The summed E-state index contributed by atoms with van der Waals surface area (Å²) in [5, 5.41) is -0.500. The Kier molecular flexibility index (Phi) is 5.51. The molecule has 5 nitrogen and oxygen atoms in total. The molecule has 134 valence electrons. The average Bonchev–Trinajstić information content (AvgIpc) is 2.85. The first-order valence-corrected chi connectivity index (χ1v) is 9.22. The van der Waals surface area contributed by atoms with Crippen LogP contribution in [0.2, 0.25) is 20.1 Å². The van der Waals surface area contributed by atoms with E-state index in [0.717, 1.165) is 4.47 Å². The van der Waals surface area contributed by atoms with Gasteiger partial charge in [0.25, 0.3) is 11.8 Å². The number of rotatable bonds is 3. The van der Waals surface area contributed by atoms with Crippen LogP contribution in [-0.4, -0.2) is 22.8 Å². The molecule has 0 bridgehead atoms. The van der Waals surface area contributed by atoms with Gasteiger partial charge in [-0.1, -0.05) is 79.5 Å². The first kappa shape index (κ1) is 19.5. The number of nitrogens with zero attached hydrogens (tertiary/aromatic N) is 1. The number of benzene rings is 2. The van der Waals surface area contributed by atoms with E-state index in [4.69, 9.17) is 51.2 Å². The number of fused-ring (bicyclic) bond motifs is 1. The van der Waals surface area contributed by atoms with Crippen LogP contribution in [0.25, 0.3) is 0 Å². The molecule has 1 heterocycles. The van der Waals surface area contributed by atoms with E-state index in [1.54, 1.807) is 24.3 Å². The van der Waals surface area contributed by atoms with Crippen molar-refractivity contribution in [2.75, 3.05) is 0 Å². The summed E-state index contributed by atoms with van der Waals surface area (Å²) < 4.78 is 0.841. The van der Waals surface area contributed by atoms with Crippen molar-refractivity contribution >= 4 is 80.1 Å². The summed E-state index contributed by atoms with van der Waals surface area (Å²) >= 11 is 27.1. The molecule has 0 spiro atoms. The summed E-state index contributed by atoms with van der Waals surface area (Å²) in [6.07, 6.45) is -0.149. The number of hydrogen-bond acceptors (Lipinski definition) is 4.